The summed E-state index contributed by atoms with van der Waals surface area (Å²) in [5, 5.41) is 4.70. The van der Waals surface area contributed by atoms with Crippen molar-refractivity contribution < 1.29 is 9.47 Å². The Morgan fingerprint density at radius 1 is 1.03 bits per heavy atom. The molecule has 0 saturated carbocycles. The molecule has 0 unspecified atom stereocenters. The normalized spacial score (nSPS) is 13.1. The number of hydrogen-bond acceptors (Lipinski definition) is 8. The number of benzene rings is 1. The van der Waals surface area contributed by atoms with Crippen LogP contribution in [0.25, 0.3) is 21.7 Å². The van der Waals surface area contributed by atoms with Gasteiger partial charge in [0.05, 0.1) is 25.8 Å². The highest BCUT2D eigenvalue weighted by Crippen LogP contribution is 2.39. The van der Waals surface area contributed by atoms with Crippen LogP contribution in [0.3, 0.4) is 0 Å². The summed E-state index contributed by atoms with van der Waals surface area (Å²) < 4.78 is 10.8. The lowest BCUT2D eigenvalue weighted by atomic mass is 9.97. The molecule has 0 atom stereocenters. The lowest BCUT2D eigenvalue weighted by Crippen LogP contribution is -2.06. The van der Waals surface area contributed by atoms with Gasteiger partial charge in [0.1, 0.15) is 16.3 Å². The molecule has 1 aliphatic carbocycles. The van der Waals surface area contributed by atoms with Crippen molar-refractivity contribution in [2.24, 2.45) is 0 Å². The monoisotopic (exact) mass is 433 g/mol. The molecule has 1 N–H and O–H groups in total. The third-order valence-electron chi connectivity index (χ3n) is 5.51. The Bertz CT molecular complexity index is 1230. The van der Waals surface area contributed by atoms with Crippen LogP contribution in [0.2, 0.25) is 0 Å². The number of thiophene rings is 1. The van der Waals surface area contributed by atoms with E-state index in [4.69, 9.17) is 19.4 Å². The van der Waals surface area contributed by atoms with E-state index in [1.807, 2.05) is 18.2 Å². The second-order valence-corrected chi connectivity index (χ2v) is 8.50. The van der Waals surface area contributed by atoms with Gasteiger partial charge in [-0.1, -0.05) is 6.07 Å². The van der Waals surface area contributed by atoms with Crippen molar-refractivity contribution in [2.45, 2.75) is 32.2 Å². The largest absolute Gasteiger partial charge is 0.493 e. The lowest BCUT2D eigenvalue weighted by molar-refractivity contribution is 0.354. The van der Waals surface area contributed by atoms with Gasteiger partial charge in [-0.15, -0.1) is 11.3 Å². The first-order chi connectivity index (χ1) is 15.3. The average Bonchev–Trinajstić information content (AvgIpc) is 3.21. The molecule has 0 fully saturated rings. The fourth-order valence-electron chi connectivity index (χ4n) is 3.99. The van der Waals surface area contributed by atoms with Crippen LogP contribution in [0.4, 0.5) is 5.82 Å². The molecule has 3 aromatic heterocycles. The Morgan fingerprint density at radius 2 is 1.90 bits per heavy atom. The number of anilines is 1. The van der Waals surface area contributed by atoms with E-state index in [9.17, 15) is 0 Å². The van der Waals surface area contributed by atoms with Gasteiger partial charge in [0.2, 0.25) is 0 Å². The summed E-state index contributed by atoms with van der Waals surface area (Å²) in [6.07, 6.45) is 9.66. The standard InChI is InChI=1S/C23H23N5O2S/c1-29-17-8-7-14(11-18(17)30-2)12-26-22-20-15-5-3-4-6-19(15)31-23(20)28-21(27-22)16-13-24-9-10-25-16/h7-11,13H,3-6,12H2,1-2H3,(H,26,27,28). The Balaban J connectivity index is 1.55. The van der Waals surface area contributed by atoms with Crippen LogP contribution >= 0.6 is 11.3 Å². The number of ether oxygens (including phenoxy) is 2. The number of fused-ring (bicyclic) bond motifs is 3. The van der Waals surface area contributed by atoms with E-state index in [-0.39, 0.29) is 0 Å². The molecule has 1 aromatic carbocycles. The summed E-state index contributed by atoms with van der Waals surface area (Å²) in [4.78, 5) is 20.7. The van der Waals surface area contributed by atoms with Crippen molar-refractivity contribution in [3.05, 3.63) is 52.8 Å². The van der Waals surface area contributed by atoms with E-state index in [0.29, 0.717) is 29.6 Å². The minimum Gasteiger partial charge on any atom is -0.493 e. The zero-order chi connectivity index (χ0) is 21.2. The van der Waals surface area contributed by atoms with Crippen molar-refractivity contribution in [1.29, 1.82) is 0 Å². The Morgan fingerprint density at radius 3 is 2.71 bits per heavy atom. The van der Waals surface area contributed by atoms with E-state index >= 15 is 0 Å². The third-order valence-corrected chi connectivity index (χ3v) is 6.70. The average molecular weight is 434 g/mol. The van der Waals surface area contributed by atoms with Crippen LogP contribution in [0.1, 0.15) is 28.8 Å². The predicted octanol–water partition coefficient (Wildman–Crippen LogP) is 4.66. The third kappa shape index (κ3) is 3.79. The SMILES string of the molecule is COc1ccc(CNc2nc(-c3cnccn3)nc3sc4c(c23)CCCC4)cc1OC. The molecular weight excluding hydrogens is 410 g/mol. The fourth-order valence-corrected chi connectivity index (χ4v) is 5.25. The number of nitrogens with zero attached hydrogens (tertiary/aromatic N) is 4. The summed E-state index contributed by atoms with van der Waals surface area (Å²) in [7, 11) is 3.29. The summed E-state index contributed by atoms with van der Waals surface area (Å²) in [5.41, 5.74) is 3.14. The fraction of sp³-hybridized carbons (Fsp3) is 0.304. The summed E-state index contributed by atoms with van der Waals surface area (Å²) in [6, 6.07) is 5.93. The zero-order valence-corrected chi connectivity index (χ0v) is 18.3. The van der Waals surface area contributed by atoms with Gasteiger partial charge < -0.3 is 14.8 Å². The quantitative estimate of drug-likeness (QED) is 0.474. The topological polar surface area (TPSA) is 82.0 Å². The molecule has 158 valence electrons. The molecule has 5 rings (SSSR count). The molecule has 7 nitrogen and oxygen atoms in total. The van der Waals surface area contributed by atoms with Crippen molar-refractivity contribution >= 4 is 27.4 Å². The number of aryl methyl sites for hydroxylation is 2. The van der Waals surface area contributed by atoms with Gasteiger partial charge in [0.25, 0.3) is 0 Å². The summed E-state index contributed by atoms with van der Waals surface area (Å²) in [6.45, 7) is 0.608. The lowest BCUT2D eigenvalue weighted by Gasteiger charge is -2.14. The zero-order valence-electron chi connectivity index (χ0n) is 17.5. The van der Waals surface area contributed by atoms with Gasteiger partial charge in [0, 0.05) is 23.8 Å². The van der Waals surface area contributed by atoms with Gasteiger partial charge in [-0.3, -0.25) is 4.98 Å². The van der Waals surface area contributed by atoms with Crippen LogP contribution in [-0.4, -0.2) is 34.2 Å². The molecule has 3 heterocycles. The molecule has 0 amide bonds. The van der Waals surface area contributed by atoms with Crippen molar-refractivity contribution in [1.82, 2.24) is 19.9 Å². The molecule has 4 aromatic rings. The first-order valence-corrected chi connectivity index (χ1v) is 11.1. The molecule has 0 saturated heterocycles. The molecular formula is C23H23N5O2S. The second-order valence-electron chi connectivity index (χ2n) is 7.42. The van der Waals surface area contributed by atoms with Crippen molar-refractivity contribution in [3.8, 4) is 23.0 Å². The summed E-state index contributed by atoms with van der Waals surface area (Å²) >= 11 is 1.78. The van der Waals surface area contributed by atoms with Gasteiger partial charge in [-0.25, -0.2) is 15.0 Å². The van der Waals surface area contributed by atoms with Crippen LogP contribution in [0.5, 0.6) is 11.5 Å². The number of methoxy groups -OCH3 is 2. The van der Waals surface area contributed by atoms with E-state index in [1.54, 1.807) is 44.1 Å². The Kier molecular flexibility index (Phi) is 5.38. The number of aromatic nitrogens is 4. The second kappa shape index (κ2) is 8.47. The first kappa shape index (κ1) is 19.7. The Labute approximate surface area is 184 Å². The molecule has 31 heavy (non-hydrogen) atoms. The van der Waals surface area contributed by atoms with E-state index in [0.717, 1.165) is 34.4 Å². The first-order valence-electron chi connectivity index (χ1n) is 10.3. The Hall–Kier alpha value is -3.26. The van der Waals surface area contributed by atoms with Gasteiger partial charge in [-0.05, 0) is 48.9 Å². The molecule has 0 bridgehead atoms. The maximum Gasteiger partial charge on any atom is 0.183 e. The van der Waals surface area contributed by atoms with Crippen LogP contribution in [0.15, 0.2) is 36.8 Å². The molecule has 0 aliphatic heterocycles. The van der Waals surface area contributed by atoms with E-state index in [1.165, 1.54) is 23.3 Å². The maximum atomic E-state index is 5.45. The highest BCUT2D eigenvalue weighted by Gasteiger charge is 2.22. The number of rotatable bonds is 6. The van der Waals surface area contributed by atoms with Crippen LogP contribution in [0, 0.1) is 0 Å². The predicted molar refractivity (Wildman–Crippen MR) is 122 cm³/mol. The number of hydrogen-bond donors (Lipinski definition) is 1. The summed E-state index contributed by atoms with van der Waals surface area (Å²) in [5.74, 6) is 2.86. The van der Waals surface area contributed by atoms with Gasteiger partial charge >= 0.3 is 0 Å². The maximum absolute atomic E-state index is 5.45. The minimum atomic E-state index is 0.592. The molecule has 0 radical (unpaired) electrons. The van der Waals surface area contributed by atoms with Gasteiger partial charge in [-0.2, -0.15) is 0 Å². The van der Waals surface area contributed by atoms with Crippen molar-refractivity contribution in [3.63, 3.8) is 0 Å². The molecule has 1 aliphatic rings. The van der Waals surface area contributed by atoms with E-state index in [2.05, 4.69) is 15.3 Å². The highest BCUT2D eigenvalue weighted by molar-refractivity contribution is 7.19. The minimum absolute atomic E-state index is 0.592. The van der Waals surface area contributed by atoms with Crippen molar-refractivity contribution in [2.75, 3.05) is 19.5 Å². The van der Waals surface area contributed by atoms with E-state index < -0.39 is 0 Å². The number of nitrogens with one attached hydrogen (secondary N) is 1. The smallest absolute Gasteiger partial charge is 0.183 e. The van der Waals surface area contributed by atoms with Crippen LogP contribution < -0.4 is 14.8 Å². The van der Waals surface area contributed by atoms with Gasteiger partial charge in [0.15, 0.2) is 17.3 Å². The molecule has 8 heteroatoms. The molecule has 0 spiro atoms. The highest BCUT2D eigenvalue weighted by atomic mass is 32.1. The van der Waals surface area contributed by atoms with Crippen LogP contribution in [-0.2, 0) is 19.4 Å².